The van der Waals surface area contributed by atoms with E-state index in [1.165, 1.54) is 6.08 Å². The monoisotopic (exact) mass is 218 g/mol. The lowest BCUT2D eigenvalue weighted by atomic mass is 10.2. The summed E-state index contributed by atoms with van der Waals surface area (Å²) in [6, 6.07) is 0. The van der Waals surface area contributed by atoms with Crippen molar-refractivity contribution in [2.24, 2.45) is 0 Å². The third kappa shape index (κ3) is 8.01. The van der Waals surface area contributed by atoms with Gasteiger partial charge in [0.2, 0.25) is 0 Å². The van der Waals surface area contributed by atoms with Crippen LogP contribution in [0.5, 0.6) is 0 Å². The van der Waals surface area contributed by atoms with Gasteiger partial charge in [0.15, 0.2) is 0 Å². The lowest BCUT2D eigenvalue weighted by Crippen LogP contribution is -2.01. The summed E-state index contributed by atoms with van der Waals surface area (Å²) in [5, 5.41) is 1.12. The maximum absolute atomic E-state index is 11.1. The molecule has 0 bridgehead atoms. The molecule has 0 rings (SSSR count). The molecule has 0 spiro atoms. The predicted molar refractivity (Wildman–Crippen MR) is 58.4 cm³/mol. The highest BCUT2D eigenvalue weighted by Crippen LogP contribution is 2.02. The Bertz CT molecular complexity index is 265. The van der Waals surface area contributed by atoms with E-state index in [0.717, 1.165) is 31.1 Å². The Balaban J connectivity index is 3.78. The molecular formula is C10H18O3S. The average molecular weight is 218 g/mol. The molecule has 0 unspecified atom stereocenters. The minimum atomic E-state index is -3.48. The molecule has 0 heterocycles. The number of hydrogen-bond donors (Lipinski definition) is 0. The van der Waals surface area contributed by atoms with E-state index < -0.39 is 10.1 Å². The molecule has 0 amide bonds. The first kappa shape index (κ1) is 13.4. The quantitative estimate of drug-likeness (QED) is 0.357. The second-order valence-electron chi connectivity index (χ2n) is 2.93. The van der Waals surface area contributed by atoms with Crippen LogP contribution >= 0.6 is 0 Å². The van der Waals surface area contributed by atoms with Gasteiger partial charge in [-0.3, -0.25) is 4.18 Å². The van der Waals surface area contributed by atoms with Crippen LogP contribution < -0.4 is 0 Å². The van der Waals surface area contributed by atoms with Crippen molar-refractivity contribution >= 4 is 10.1 Å². The summed E-state index contributed by atoms with van der Waals surface area (Å²) < 4.78 is 26.7. The van der Waals surface area contributed by atoms with Crippen LogP contribution in [0.4, 0.5) is 0 Å². The molecular weight excluding hydrogens is 200 g/mol. The lowest BCUT2D eigenvalue weighted by molar-refractivity contribution is 0.364. The number of allylic oxidation sites excluding steroid dienone is 1. The van der Waals surface area contributed by atoms with E-state index in [-0.39, 0.29) is 6.61 Å². The van der Waals surface area contributed by atoms with Gasteiger partial charge in [0, 0.05) is 0 Å². The molecule has 0 saturated heterocycles. The Labute approximate surface area is 86.6 Å². The van der Waals surface area contributed by atoms with Crippen molar-refractivity contribution in [1.29, 1.82) is 0 Å². The predicted octanol–water partition coefficient (Wildman–Crippen LogP) is 2.61. The van der Waals surface area contributed by atoms with Crippen LogP contribution in [0.2, 0.25) is 0 Å². The fourth-order valence-corrected chi connectivity index (χ4v) is 1.62. The molecule has 4 heteroatoms. The Kier molecular flexibility index (Phi) is 7.42. The second kappa shape index (κ2) is 7.76. The van der Waals surface area contributed by atoms with Crippen LogP contribution in [0.15, 0.2) is 24.1 Å². The Morgan fingerprint density at radius 3 is 2.64 bits per heavy atom. The van der Waals surface area contributed by atoms with Gasteiger partial charge in [0.1, 0.15) is 0 Å². The van der Waals surface area contributed by atoms with E-state index in [1.54, 1.807) is 6.08 Å². The van der Waals surface area contributed by atoms with Crippen molar-refractivity contribution in [3.8, 4) is 0 Å². The Morgan fingerprint density at radius 1 is 1.36 bits per heavy atom. The molecule has 0 radical (unpaired) electrons. The normalized spacial score (nSPS) is 12.1. The van der Waals surface area contributed by atoms with Crippen molar-refractivity contribution in [2.45, 2.75) is 32.6 Å². The van der Waals surface area contributed by atoms with Crippen molar-refractivity contribution in [1.82, 2.24) is 0 Å². The summed E-state index contributed by atoms with van der Waals surface area (Å²) in [5.74, 6) is 0. The molecule has 0 saturated carbocycles. The third-order valence-electron chi connectivity index (χ3n) is 1.59. The van der Waals surface area contributed by atoms with Crippen LogP contribution in [-0.2, 0) is 14.3 Å². The van der Waals surface area contributed by atoms with Gasteiger partial charge in [-0.15, -0.1) is 6.58 Å². The zero-order valence-electron chi connectivity index (χ0n) is 8.61. The smallest absolute Gasteiger partial charge is 0.263 e. The largest absolute Gasteiger partial charge is 0.290 e. The van der Waals surface area contributed by atoms with E-state index in [2.05, 4.69) is 17.7 Å². The van der Waals surface area contributed by atoms with Gasteiger partial charge in [-0.25, -0.2) is 0 Å². The van der Waals surface area contributed by atoms with Gasteiger partial charge in [-0.05, 0) is 12.8 Å². The zero-order chi connectivity index (χ0) is 10.9. The number of hydrogen-bond acceptors (Lipinski definition) is 3. The second-order valence-corrected chi connectivity index (χ2v) is 4.43. The molecule has 0 aromatic heterocycles. The molecule has 0 aliphatic carbocycles. The van der Waals surface area contributed by atoms with Gasteiger partial charge in [-0.1, -0.05) is 31.9 Å². The van der Waals surface area contributed by atoms with Gasteiger partial charge in [-0.2, -0.15) is 8.42 Å². The number of unbranched alkanes of at least 4 members (excludes halogenated alkanes) is 3. The average Bonchev–Trinajstić information content (AvgIpc) is 2.15. The van der Waals surface area contributed by atoms with Gasteiger partial charge >= 0.3 is 0 Å². The van der Waals surface area contributed by atoms with Crippen LogP contribution in [0, 0.1) is 0 Å². The van der Waals surface area contributed by atoms with E-state index >= 15 is 0 Å². The first-order chi connectivity index (χ1) is 6.62. The van der Waals surface area contributed by atoms with Crippen LogP contribution in [-0.4, -0.2) is 15.0 Å². The molecule has 0 aromatic carbocycles. The molecule has 14 heavy (non-hydrogen) atoms. The van der Waals surface area contributed by atoms with E-state index in [9.17, 15) is 8.42 Å². The molecule has 0 aromatic rings. The number of rotatable bonds is 8. The molecule has 0 N–H and O–H groups in total. The lowest BCUT2D eigenvalue weighted by Gasteiger charge is -1.96. The first-order valence-electron chi connectivity index (χ1n) is 4.79. The summed E-state index contributed by atoms with van der Waals surface area (Å²) >= 11 is 0. The zero-order valence-corrected chi connectivity index (χ0v) is 9.42. The summed E-state index contributed by atoms with van der Waals surface area (Å²) in [5.41, 5.74) is 0. The van der Waals surface area contributed by atoms with Crippen molar-refractivity contribution in [3.05, 3.63) is 24.1 Å². The van der Waals surface area contributed by atoms with Gasteiger partial charge in [0.25, 0.3) is 10.1 Å². The van der Waals surface area contributed by atoms with Crippen molar-refractivity contribution < 1.29 is 12.6 Å². The third-order valence-corrected chi connectivity index (χ3v) is 2.58. The highest BCUT2D eigenvalue weighted by Gasteiger charge is 2.02. The summed E-state index contributed by atoms with van der Waals surface area (Å²) in [4.78, 5) is 0. The van der Waals surface area contributed by atoms with Gasteiger partial charge < -0.3 is 0 Å². The highest BCUT2D eigenvalue weighted by atomic mass is 32.2. The van der Waals surface area contributed by atoms with E-state index in [4.69, 9.17) is 0 Å². The van der Waals surface area contributed by atoms with E-state index in [0.29, 0.717) is 0 Å². The topological polar surface area (TPSA) is 43.4 Å². The highest BCUT2D eigenvalue weighted by molar-refractivity contribution is 7.89. The fourth-order valence-electron chi connectivity index (χ4n) is 0.880. The SMILES string of the molecule is C=CCOS(=O)(=O)C=CCCCCC. The maximum Gasteiger partial charge on any atom is 0.290 e. The minimum Gasteiger partial charge on any atom is -0.263 e. The van der Waals surface area contributed by atoms with Crippen molar-refractivity contribution in [3.63, 3.8) is 0 Å². The van der Waals surface area contributed by atoms with Crippen molar-refractivity contribution in [2.75, 3.05) is 6.61 Å². The molecule has 0 fully saturated rings. The van der Waals surface area contributed by atoms with Gasteiger partial charge in [0.05, 0.1) is 12.0 Å². The van der Waals surface area contributed by atoms with Crippen LogP contribution in [0.1, 0.15) is 32.6 Å². The summed E-state index contributed by atoms with van der Waals surface area (Å²) in [6.07, 6.45) is 7.09. The van der Waals surface area contributed by atoms with Crippen LogP contribution in [0.25, 0.3) is 0 Å². The summed E-state index contributed by atoms with van der Waals surface area (Å²) in [7, 11) is -3.48. The minimum absolute atomic E-state index is 0.0294. The standard InChI is InChI=1S/C10H18O3S/c1-3-5-6-7-8-10-14(11,12)13-9-4-2/h4,8,10H,2-3,5-7,9H2,1H3. The Morgan fingerprint density at radius 2 is 2.07 bits per heavy atom. The molecule has 82 valence electrons. The molecule has 0 aliphatic rings. The van der Waals surface area contributed by atoms with E-state index in [1.807, 2.05) is 0 Å². The molecule has 3 nitrogen and oxygen atoms in total. The molecule has 0 aliphatic heterocycles. The first-order valence-corrected chi connectivity index (χ1v) is 6.26. The maximum atomic E-state index is 11.1. The Hall–Kier alpha value is -0.610. The van der Waals surface area contributed by atoms with Crippen LogP contribution in [0.3, 0.4) is 0 Å². The summed E-state index contributed by atoms with van der Waals surface area (Å²) in [6.45, 7) is 5.51. The molecule has 0 atom stereocenters. The fraction of sp³-hybridized carbons (Fsp3) is 0.600.